The van der Waals surface area contributed by atoms with Crippen molar-refractivity contribution in [2.75, 3.05) is 19.8 Å². The standard InChI is InChI=1S/C20H20ClN3O2/c1-24-17-4-2-3-16(21)18(17)19(23-24)14-5-7-15(8-6-14)20(25)22-11-13-9-10-26-12-13/h2-8,13H,9-12H2,1H3,(H,22,25)/t13-/m0/s1. The lowest BCUT2D eigenvalue weighted by molar-refractivity contribution is 0.0945. The number of carbonyl (C=O) groups is 1. The number of amides is 1. The van der Waals surface area contributed by atoms with Crippen molar-refractivity contribution in [3.05, 3.63) is 53.1 Å². The number of fused-ring (bicyclic) bond motifs is 1. The van der Waals surface area contributed by atoms with Gasteiger partial charge in [-0.15, -0.1) is 0 Å². The van der Waals surface area contributed by atoms with Gasteiger partial charge in [0.15, 0.2) is 0 Å². The molecule has 0 spiro atoms. The van der Waals surface area contributed by atoms with Crippen LogP contribution in [0.3, 0.4) is 0 Å². The molecule has 134 valence electrons. The van der Waals surface area contributed by atoms with Crippen molar-refractivity contribution >= 4 is 28.4 Å². The molecule has 4 rings (SSSR count). The van der Waals surface area contributed by atoms with E-state index in [1.807, 2.05) is 54.2 Å². The van der Waals surface area contributed by atoms with Crippen LogP contribution in [-0.4, -0.2) is 35.4 Å². The molecule has 0 aliphatic carbocycles. The first-order valence-corrected chi connectivity index (χ1v) is 9.09. The van der Waals surface area contributed by atoms with Crippen molar-refractivity contribution in [1.29, 1.82) is 0 Å². The minimum Gasteiger partial charge on any atom is -0.381 e. The van der Waals surface area contributed by atoms with Crippen molar-refractivity contribution in [3.63, 3.8) is 0 Å². The highest BCUT2D eigenvalue weighted by atomic mass is 35.5. The number of aromatic nitrogens is 2. The van der Waals surface area contributed by atoms with Gasteiger partial charge in [-0.05, 0) is 30.7 Å². The number of halogens is 1. The topological polar surface area (TPSA) is 56.2 Å². The van der Waals surface area contributed by atoms with Crippen molar-refractivity contribution < 1.29 is 9.53 Å². The van der Waals surface area contributed by atoms with E-state index in [-0.39, 0.29) is 5.91 Å². The highest BCUT2D eigenvalue weighted by Gasteiger charge is 2.17. The van der Waals surface area contributed by atoms with Gasteiger partial charge in [-0.1, -0.05) is 29.8 Å². The van der Waals surface area contributed by atoms with Crippen LogP contribution >= 0.6 is 11.6 Å². The first-order valence-electron chi connectivity index (χ1n) is 8.71. The summed E-state index contributed by atoms with van der Waals surface area (Å²) in [6.07, 6.45) is 1.01. The number of aryl methyl sites for hydroxylation is 1. The largest absolute Gasteiger partial charge is 0.381 e. The smallest absolute Gasteiger partial charge is 0.251 e. The number of nitrogens with one attached hydrogen (secondary N) is 1. The quantitative estimate of drug-likeness (QED) is 0.763. The maximum atomic E-state index is 12.3. The normalized spacial score (nSPS) is 16.9. The minimum atomic E-state index is -0.0626. The lowest BCUT2D eigenvalue weighted by atomic mass is 10.0. The fourth-order valence-corrected chi connectivity index (χ4v) is 3.59. The van der Waals surface area contributed by atoms with Crippen LogP contribution in [0.4, 0.5) is 0 Å². The fourth-order valence-electron chi connectivity index (χ4n) is 3.34. The second-order valence-corrected chi connectivity index (χ2v) is 7.03. The number of hydrogen-bond donors (Lipinski definition) is 1. The van der Waals surface area contributed by atoms with Gasteiger partial charge in [-0.3, -0.25) is 9.48 Å². The van der Waals surface area contributed by atoms with E-state index in [0.717, 1.165) is 41.8 Å². The van der Waals surface area contributed by atoms with Crippen LogP contribution in [0.5, 0.6) is 0 Å². The van der Waals surface area contributed by atoms with Crippen LogP contribution in [0.1, 0.15) is 16.8 Å². The number of benzene rings is 2. The zero-order chi connectivity index (χ0) is 18.1. The monoisotopic (exact) mass is 369 g/mol. The predicted molar refractivity (Wildman–Crippen MR) is 102 cm³/mol. The van der Waals surface area contributed by atoms with Gasteiger partial charge in [-0.25, -0.2) is 0 Å². The molecule has 0 radical (unpaired) electrons. The molecule has 1 fully saturated rings. The fraction of sp³-hybridized carbons (Fsp3) is 0.300. The minimum absolute atomic E-state index is 0.0626. The van der Waals surface area contributed by atoms with Gasteiger partial charge in [0.2, 0.25) is 0 Å². The molecule has 1 aromatic heterocycles. The van der Waals surface area contributed by atoms with Crippen LogP contribution in [0, 0.1) is 5.92 Å². The molecule has 1 aliphatic rings. The lowest BCUT2D eigenvalue weighted by Crippen LogP contribution is -2.29. The maximum Gasteiger partial charge on any atom is 0.251 e. The van der Waals surface area contributed by atoms with Crippen molar-refractivity contribution in [1.82, 2.24) is 15.1 Å². The van der Waals surface area contributed by atoms with E-state index >= 15 is 0 Å². The summed E-state index contributed by atoms with van der Waals surface area (Å²) in [4.78, 5) is 12.3. The first kappa shape index (κ1) is 17.1. The molecule has 6 heteroatoms. The van der Waals surface area contributed by atoms with Crippen LogP contribution in [0.15, 0.2) is 42.5 Å². The zero-order valence-corrected chi connectivity index (χ0v) is 15.3. The molecule has 1 aliphatic heterocycles. The SMILES string of the molecule is Cn1nc(-c2ccc(C(=O)NC[C@@H]3CCOC3)cc2)c2c(Cl)cccc21. The number of ether oxygens (including phenoxy) is 1. The molecular formula is C20H20ClN3O2. The second kappa shape index (κ2) is 7.09. The van der Waals surface area contributed by atoms with Crippen molar-refractivity contribution in [3.8, 4) is 11.3 Å². The number of nitrogens with zero attached hydrogens (tertiary/aromatic N) is 2. The number of rotatable bonds is 4. The van der Waals surface area contributed by atoms with Crippen LogP contribution in [0.2, 0.25) is 5.02 Å². The summed E-state index contributed by atoms with van der Waals surface area (Å²) in [6.45, 7) is 2.17. The van der Waals surface area contributed by atoms with Crippen molar-refractivity contribution in [2.45, 2.75) is 6.42 Å². The molecule has 1 atom stereocenters. The Bertz CT molecular complexity index is 944. The Kier molecular flexibility index (Phi) is 4.66. The zero-order valence-electron chi connectivity index (χ0n) is 14.5. The van der Waals surface area contributed by atoms with Gasteiger partial charge < -0.3 is 10.1 Å². The van der Waals surface area contributed by atoms with Gasteiger partial charge >= 0.3 is 0 Å². The predicted octanol–water partition coefficient (Wildman–Crippen LogP) is 3.66. The number of hydrogen-bond acceptors (Lipinski definition) is 3. The third kappa shape index (κ3) is 3.20. The lowest BCUT2D eigenvalue weighted by Gasteiger charge is -2.09. The van der Waals surface area contributed by atoms with E-state index in [4.69, 9.17) is 16.3 Å². The van der Waals surface area contributed by atoms with E-state index in [1.165, 1.54) is 0 Å². The summed E-state index contributed by atoms with van der Waals surface area (Å²) in [5, 5.41) is 9.18. The Morgan fingerprint density at radius 3 is 2.85 bits per heavy atom. The van der Waals surface area contributed by atoms with E-state index in [9.17, 15) is 4.79 Å². The highest BCUT2D eigenvalue weighted by Crippen LogP contribution is 2.33. The second-order valence-electron chi connectivity index (χ2n) is 6.62. The molecule has 2 heterocycles. The van der Waals surface area contributed by atoms with E-state index in [2.05, 4.69) is 10.4 Å². The van der Waals surface area contributed by atoms with Gasteiger partial charge in [0.1, 0.15) is 5.69 Å². The summed E-state index contributed by atoms with van der Waals surface area (Å²) in [6, 6.07) is 13.3. The average molecular weight is 370 g/mol. The molecule has 1 N–H and O–H groups in total. The Labute approximate surface area is 156 Å². The van der Waals surface area contributed by atoms with Gasteiger partial charge in [0, 0.05) is 42.6 Å². The molecular weight excluding hydrogens is 350 g/mol. The molecule has 5 nitrogen and oxygen atoms in total. The average Bonchev–Trinajstić information content (AvgIpc) is 3.29. The summed E-state index contributed by atoms with van der Waals surface area (Å²) >= 11 is 6.38. The summed E-state index contributed by atoms with van der Waals surface area (Å²) in [7, 11) is 1.90. The Balaban J connectivity index is 1.55. The van der Waals surface area contributed by atoms with Gasteiger partial charge in [-0.2, -0.15) is 5.10 Å². The van der Waals surface area contributed by atoms with E-state index in [1.54, 1.807) is 0 Å². The molecule has 2 aromatic carbocycles. The number of carbonyl (C=O) groups excluding carboxylic acids is 1. The molecule has 0 saturated carbocycles. The maximum absolute atomic E-state index is 12.3. The Morgan fingerprint density at radius 1 is 1.31 bits per heavy atom. The highest BCUT2D eigenvalue weighted by molar-refractivity contribution is 6.36. The third-order valence-corrected chi connectivity index (χ3v) is 5.14. The Hall–Kier alpha value is -2.37. The summed E-state index contributed by atoms with van der Waals surface area (Å²) in [5.41, 5.74) is 3.37. The van der Waals surface area contributed by atoms with Crippen molar-refractivity contribution in [2.24, 2.45) is 13.0 Å². The van der Waals surface area contributed by atoms with E-state index < -0.39 is 0 Å². The van der Waals surface area contributed by atoms with Gasteiger partial charge in [0.25, 0.3) is 5.91 Å². The Morgan fingerprint density at radius 2 is 2.12 bits per heavy atom. The first-order chi connectivity index (χ1) is 12.6. The van der Waals surface area contributed by atoms with Gasteiger partial charge in [0.05, 0.1) is 17.1 Å². The summed E-state index contributed by atoms with van der Waals surface area (Å²) in [5.74, 6) is 0.354. The van der Waals surface area contributed by atoms with Crippen LogP contribution in [-0.2, 0) is 11.8 Å². The molecule has 1 amide bonds. The van der Waals surface area contributed by atoms with Crippen LogP contribution in [0.25, 0.3) is 22.2 Å². The van der Waals surface area contributed by atoms with Crippen LogP contribution < -0.4 is 5.32 Å². The summed E-state index contributed by atoms with van der Waals surface area (Å²) < 4.78 is 7.16. The molecule has 1 saturated heterocycles. The molecule has 0 unspecified atom stereocenters. The molecule has 3 aromatic rings. The third-order valence-electron chi connectivity index (χ3n) is 4.82. The van der Waals surface area contributed by atoms with E-state index in [0.29, 0.717) is 23.0 Å². The molecule has 26 heavy (non-hydrogen) atoms. The molecule has 0 bridgehead atoms.